The summed E-state index contributed by atoms with van der Waals surface area (Å²) in [6.45, 7) is 7.15. The quantitative estimate of drug-likeness (QED) is 0.765. The summed E-state index contributed by atoms with van der Waals surface area (Å²) in [6, 6.07) is 0. The maximum atomic E-state index is 12.0. The molecule has 1 aliphatic heterocycles. The maximum absolute atomic E-state index is 12.0. The zero-order chi connectivity index (χ0) is 12.7. The second-order valence-electron chi connectivity index (χ2n) is 4.96. The first-order chi connectivity index (χ1) is 8.17. The molecule has 0 saturated carbocycles. The van der Waals surface area contributed by atoms with E-state index in [4.69, 9.17) is 10.5 Å². The number of nitrogens with zero attached hydrogens (tertiary/aromatic N) is 1. The molecule has 0 spiro atoms. The van der Waals surface area contributed by atoms with Crippen molar-refractivity contribution in [3.8, 4) is 0 Å². The fourth-order valence-electron chi connectivity index (χ4n) is 2.08. The van der Waals surface area contributed by atoms with Crippen LogP contribution in [0.2, 0.25) is 0 Å². The minimum atomic E-state index is 0.297. The van der Waals surface area contributed by atoms with Gasteiger partial charge in [0, 0.05) is 26.1 Å². The fourth-order valence-corrected chi connectivity index (χ4v) is 2.08. The lowest BCUT2D eigenvalue weighted by Crippen LogP contribution is -2.41. The first-order valence-electron chi connectivity index (χ1n) is 6.76. The lowest BCUT2D eigenvalue weighted by atomic mass is 10.0. The number of likely N-dealkylation sites (tertiary alicyclic amines) is 1. The third-order valence-electron chi connectivity index (χ3n) is 3.49. The number of carbonyl (C=O) groups excluding carboxylic acids is 1. The molecule has 4 heteroatoms. The van der Waals surface area contributed by atoms with Crippen LogP contribution in [0, 0.1) is 5.92 Å². The molecule has 1 amide bonds. The topological polar surface area (TPSA) is 55.6 Å². The Labute approximate surface area is 104 Å². The molecule has 2 N–H and O–H groups in total. The number of hydrogen-bond donors (Lipinski definition) is 1. The number of amides is 1. The Morgan fingerprint density at radius 1 is 1.47 bits per heavy atom. The molecule has 0 aromatic rings. The predicted octanol–water partition coefficient (Wildman–Crippen LogP) is 1.39. The van der Waals surface area contributed by atoms with Gasteiger partial charge in [0.25, 0.3) is 0 Å². The van der Waals surface area contributed by atoms with Crippen LogP contribution in [0.4, 0.5) is 0 Å². The highest BCUT2D eigenvalue weighted by Gasteiger charge is 2.23. The Morgan fingerprint density at radius 3 is 2.65 bits per heavy atom. The van der Waals surface area contributed by atoms with Crippen LogP contribution < -0.4 is 5.73 Å². The normalized spacial score (nSPS) is 19.4. The molecule has 1 rings (SSSR count). The van der Waals surface area contributed by atoms with E-state index in [1.54, 1.807) is 0 Å². The first kappa shape index (κ1) is 14.5. The van der Waals surface area contributed by atoms with E-state index in [0.717, 1.165) is 32.4 Å². The van der Waals surface area contributed by atoms with Gasteiger partial charge in [0.2, 0.25) is 5.91 Å². The molecule has 100 valence electrons. The van der Waals surface area contributed by atoms with Crippen molar-refractivity contribution in [3.63, 3.8) is 0 Å². The zero-order valence-corrected chi connectivity index (χ0v) is 11.2. The van der Waals surface area contributed by atoms with Crippen molar-refractivity contribution < 1.29 is 9.53 Å². The van der Waals surface area contributed by atoms with Gasteiger partial charge in [-0.25, -0.2) is 0 Å². The smallest absolute Gasteiger partial charge is 0.222 e. The summed E-state index contributed by atoms with van der Waals surface area (Å²) < 4.78 is 5.60. The van der Waals surface area contributed by atoms with Crippen LogP contribution in [0.25, 0.3) is 0 Å². The molecule has 1 saturated heterocycles. The van der Waals surface area contributed by atoms with Gasteiger partial charge in [0.15, 0.2) is 0 Å². The van der Waals surface area contributed by atoms with Gasteiger partial charge < -0.3 is 15.4 Å². The molecule has 1 fully saturated rings. The van der Waals surface area contributed by atoms with E-state index < -0.39 is 0 Å². The molecule has 0 aromatic carbocycles. The monoisotopic (exact) mass is 242 g/mol. The van der Waals surface area contributed by atoms with Crippen molar-refractivity contribution in [2.75, 3.05) is 26.2 Å². The molecule has 0 aromatic heterocycles. The van der Waals surface area contributed by atoms with Crippen LogP contribution in [-0.2, 0) is 9.53 Å². The van der Waals surface area contributed by atoms with Crippen LogP contribution in [0.5, 0.6) is 0 Å². The van der Waals surface area contributed by atoms with Crippen LogP contribution >= 0.6 is 0 Å². The minimum absolute atomic E-state index is 0.297. The molecular formula is C13H26N2O2. The van der Waals surface area contributed by atoms with Crippen molar-refractivity contribution in [3.05, 3.63) is 0 Å². The first-order valence-corrected chi connectivity index (χ1v) is 6.76. The Hall–Kier alpha value is -0.610. The van der Waals surface area contributed by atoms with Crippen LogP contribution in [0.1, 0.15) is 39.5 Å². The number of carbonyl (C=O) groups is 1. The van der Waals surface area contributed by atoms with Crippen LogP contribution in [-0.4, -0.2) is 43.2 Å². The molecule has 1 unspecified atom stereocenters. The lowest BCUT2D eigenvalue weighted by Gasteiger charge is -2.32. The third kappa shape index (κ3) is 5.04. The molecule has 1 atom stereocenters. The van der Waals surface area contributed by atoms with Gasteiger partial charge in [0.05, 0.1) is 12.7 Å². The van der Waals surface area contributed by atoms with E-state index in [1.165, 1.54) is 0 Å². The predicted molar refractivity (Wildman–Crippen MR) is 68.7 cm³/mol. The average molecular weight is 242 g/mol. The van der Waals surface area contributed by atoms with Crippen LogP contribution in [0.3, 0.4) is 0 Å². The maximum Gasteiger partial charge on any atom is 0.222 e. The number of piperidine rings is 1. The van der Waals surface area contributed by atoms with E-state index >= 15 is 0 Å². The van der Waals surface area contributed by atoms with Gasteiger partial charge >= 0.3 is 0 Å². The molecule has 1 aliphatic rings. The molecule has 4 nitrogen and oxygen atoms in total. The van der Waals surface area contributed by atoms with Crippen molar-refractivity contribution in [2.24, 2.45) is 11.7 Å². The summed E-state index contributed by atoms with van der Waals surface area (Å²) in [6.07, 6.45) is 3.96. The highest BCUT2D eigenvalue weighted by Crippen LogP contribution is 2.16. The molecule has 0 radical (unpaired) electrons. The van der Waals surface area contributed by atoms with E-state index in [1.807, 2.05) is 4.90 Å². The molecule has 0 bridgehead atoms. The van der Waals surface area contributed by atoms with Crippen LogP contribution in [0.15, 0.2) is 0 Å². The number of ether oxygens (including phenoxy) is 1. The minimum Gasteiger partial charge on any atom is -0.377 e. The summed E-state index contributed by atoms with van der Waals surface area (Å²) in [5, 5.41) is 0. The Balaban J connectivity index is 2.24. The molecule has 1 heterocycles. The Kier molecular flexibility index (Phi) is 6.52. The van der Waals surface area contributed by atoms with E-state index in [0.29, 0.717) is 37.5 Å². The van der Waals surface area contributed by atoms with Crippen molar-refractivity contribution in [1.82, 2.24) is 4.90 Å². The summed E-state index contributed by atoms with van der Waals surface area (Å²) in [5.74, 6) is 0.797. The van der Waals surface area contributed by atoms with Gasteiger partial charge in [0.1, 0.15) is 0 Å². The SMILES string of the molecule is CCC(C)CC(=O)N1CCC(OCCN)CC1. The molecular weight excluding hydrogens is 216 g/mol. The van der Waals surface area contributed by atoms with Gasteiger partial charge in [-0.15, -0.1) is 0 Å². The second kappa shape index (κ2) is 7.67. The number of hydrogen-bond acceptors (Lipinski definition) is 3. The molecule has 17 heavy (non-hydrogen) atoms. The third-order valence-corrected chi connectivity index (χ3v) is 3.49. The molecule has 0 aliphatic carbocycles. The van der Waals surface area contributed by atoms with Gasteiger partial charge in [-0.05, 0) is 18.8 Å². The largest absolute Gasteiger partial charge is 0.377 e. The Bertz CT molecular complexity index is 225. The van der Waals surface area contributed by atoms with E-state index in [-0.39, 0.29) is 0 Å². The summed E-state index contributed by atoms with van der Waals surface area (Å²) >= 11 is 0. The summed E-state index contributed by atoms with van der Waals surface area (Å²) in [5.41, 5.74) is 5.40. The van der Waals surface area contributed by atoms with E-state index in [2.05, 4.69) is 13.8 Å². The highest BCUT2D eigenvalue weighted by molar-refractivity contribution is 5.76. The average Bonchev–Trinajstić information content (AvgIpc) is 2.36. The fraction of sp³-hybridized carbons (Fsp3) is 0.923. The second-order valence-corrected chi connectivity index (χ2v) is 4.96. The van der Waals surface area contributed by atoms with Gasteiger partial charge in [-0.1, -0.05) is 20.3 Å². The Morgan fingerprint density at radius 2 is 2.12 bits per heavy atom. The number of nitrogens with two attached hydrogens (primary N) is 1. The standard InChI is InChI=1S/C13H26N2O2/c1-3-11(2)10-13(16)15-7-4-12(5-8-15)17-9-6-14/h11-12H,3-10,14H2,1-2H3. The lowest BCUT2D eigenvalue weighted by molar-refractivity contribution is -0.134. The zero-order valence-electron chi connectivity index (χ0n) is 11.2. The van der Waals surface area contributed by atoms with Crippen molar-refractivity contribution >= 4 is 5.91 Å². The summed E-state index contributed by atoms with van der Waals surface area (Å²) in [7, 11) is 0. The van der Waals surface area contributed by atoms with Crippen molar-refractivity contribution in [2.45, 2.75) is 45.6 Å². The van der Waals surface area contributed by atoms with E-state index in [9.17, 15) is 4.79 Å². The van der Waals surface area contributed by atoms with Gasteiger partial charge in [-0.2, -0.15) is 0 Å². The summed E-state index contributed by atoms with van der Waals surface area (Å²) in [4.78, 5) is 13.9. The highest BCUT2D eigenvalue weighted by atomic mass is 16.5. The van der Waals surface area contributed by atoms with Crippen molar-refractivity contribution in [1.29, 1.82) is 0 Å². The number of rotatable bonds is 6. The van der Waals surface area contributed by atoms with Gasteiger partial charge in [-0.3, -0.25) is 4.79 Å².